The zero-order chi connectivity index (χ0) is 16.4. The predicted octanol–water partition coefficient (Wildman–Crippen LogP) is 5.65. The van der Waals surface area contributed by atoms with E-state index in [-0.39, 0.29) is 0 Å². The fraction of sp³-hybridized carbons (Fsp3) is 0.250. The van der Waals surface area contributed by atoms with E-state index in [1.54, 1.807) is 11.3 Å². The standard InChI is InChI=1S/C20H22N2S/c1-14(2)22-18(17-11-6-5-7-12-17)13-23-20(22)21-19-15(3)9-8-10-16(19)4/h5-14H,1-4H3. The number of benzene rings is 2. The zero-order valence-corrected chi connectivity index (χ0v) is 14.9. The second-order valence-electron chi connectivity index (χ2n) is 6.09. The van der Waals surface area contributed by atoms with Crippen LogP contribution in [0.1, 0.15) is 31.0 Å². The molecular weight excluding hydrogens is 300 g/mol. The number of aryl methyl sites for hydroxylation is 2. The van der Waals surface area contributed by atoms with E-state index >= 15 is 0 Å². The van der Waals surface area contributed by atoms with Crippen LogP contribution in [0.4, 0.5) is 5.69 Å². The first-order valence-electron chi connectivity index (χ1n) is 7.94. The minimum absolute atomic E-state index is 0.361. The van der Waals surface area contributed by atoms with E-state index in [1.807, 2.05) is 0 Å². The number of aromatic nitrogens is 1. The summed E-state index contributed by atoms with van der Waals surface area (Å²) in [6, 6.07) is 17.2. The Hall–Kier alpha value is -2.13. The predicted molar refractivity (Wildman–Crippen MR) is 99.3 cm³/mol. The summed E-state index contributed by atoms with van der Waals surface area (Å²) in [6.07, 6.45) is 0. The van der Waals surface area contributed by atoms with Crippen LogP contribution in [0.2, 0.25) is 0 Å². The third-order valence-corrected chi connectivity index (χ3v) is 4.81. The van der Waals surface area contributed by atoms with Crippen molar-refractivity contribution in [1.82, 2.24) is 4.57 Å². The van der Waals surface area contributed by atoms with Crippen LogP contribution in [0.15, 0.2) is 58.9 Å². The van der Waals surface area contributed by atoms with Crippen molar-refractivity contribution in [3.05, 3.63) is 69.8 Å². The Morgan fingerprint density at radius 3 is 2.17 bits per heavy atom. The van der Waals surface area contributed by atoms with Gasteiger partial charge in [0.1, 0.15) is 0 Å². The molecular formula is C20H22N2S. The van der Waals surface area contributed by atoms with Crippen molar-refractivity contribution in [3.63, 3.8) is 0 Å². The monoisotopic (exact) mass is 322 g/mol. The molecule has 0 aliphatic heterocycles. The highest BCUT2D eigenvalue weighted by Gasteiger charge is 2.11. The van der Waals surface area contributed by atoms with E-state index in [9.17, 15) is 0 Å². The lowest BCUT2D eigenvalue weighted by Crippen LogP contribution is -2.18. The van der Waals surface area contributed by atoms with Crippen LogP contribution in [0.5, 0.6) is 0 Å². The van der Waals surface area contributed by atoms with Crippen LogP contribution in [-0.4, -0.2) is 4.57 Å². The maximum Gasteiger partial charge on any atom is 0.190 e. The molecule has 3 heteroatoms. The first-order valence-corrected chi connectivity index (χ1v) is 8.82. The van der Waals surface area contributed by atoms with E-state index in [1.165, 1.54) is 22.4 Å². The molecule has 0 amide bonds. The highest BCUT2D eigenvalue weighted by Crippen LogP contribution is 2.26. The van der Waals surface area contributed by atoms with Crippen molar-refractivity contribution >= 4 is 17.0 Å². The average Bonchev–Trinajstić information content (AvgIpc) is 2.96. The van der Waals surface area contributed by atoms with Crippen LogP contribution in [0.3, 0.4) is 0 Å². The van der Waals surface area contributed by atoms with Gasteiger partial charge in [-0.2, -0.15) is 0 Å². The molecule has 0 N–H and O–H groups in total. The summed E-state index contributed by atoms with van der Waals surface area (Å²) in [5.41, 5.74) is 5.99. The topological polar surface area (TPSA) is 17.3 Å². The number of hydrogen-bond acceptors (Lipinski definition) is 2. The largest absolute Gasteiger partial charge is 0.314 e. The maximum absolute atomic E-state index is 4.99. The smallest absolute Gasteiger partial charge is 0.190 e. The van der Waals surface area contributed by atoms with Gasteiger partial charge in [-0.1, -0.05) is 48.5 Å². The molecule has 0 bridgehead atoms. The van der Waals surface area contributed by atoms with Gasteiger partial charge in [0.2, 0.25) is 0 Å². The van der Waals surface area contributed by atoms with Crippen molar-refractivity contribution in [2.45, 2.75) is 33.7 Å². The number of thiazole rings is 1. The lowest BCUT2D eigenvalue weighted by Gasteiger charge is -2.13. The van der Waals surface area contributed by atoms with Gasteiger partial charge in [0.25, 0.3) is 0 Å². The summed E-state index contributed by atoms with van der Waals surface area (Å²) >= 11 is 1.71. The van der Waals surface area contributed by atoms with Crippen molar-refractivity contribution in [2.75, 3.05) is 0 Å². The van der Waals surface area contributed by atoms with Crippen molar-refractivity contribution in [1.29, 1.82) is 0 Å². The molecule has 0 unspecified atom stereocenters. The molecule has 3 aromatic rings. The van der Waals surface area contributed by atoms with Crippen LogP contribution < -0.4 is 4.80 Å². The fourth-order valence-electron chi connectivity index (χ4n) is 2.80. The SMILES string of the molecule is Cc1cccc(C)c1N=c1scc(-c2ccccc2)n1C(C)C. The van der Waals surface area contributed by atoms with E-state index < -0.39 is 0 Å². The summed E-state index contributed by atoms with van der Waals surface area (Å²) in [5, 5.41) is 2.21. The first-order chi connectivity index (χ1) is 11.1. The highest BCUT2D eigenvalue weighted by atomic mass is 32.1. The molecule has 0 spiro atoms. The van der Waals surface area contributed by atoms with Crippen LogP contribution in [0.25, 0.3) is 11.3 Å². The highest BCUT2D eigenvalue weighted by molar-refractivity contribution is 7.07. The van der Waals surface area contributed by atoms with E-state index in [0.29, 0.717) is 6.04 Å². The number of para-hydroxylation sites is 1. The molecule has 3 rings (SSSR count). The van der Waals surface area contributed by atoms with E-state index in [4.69, 9.17) is 4.99 Å². The van der Waals surface area contributed by atoms with Crippen molar-refractivity contribution in [3.8, 4) is 11.3 Å². The summed E-state index contributed by atoms with van der Waals surface area (Å²) in [7, 11) is 0. The van der Waals surface area contributed by atoms with E-state index in [2.05, 4.69) is 86.2 Å². The molecule has 0 saturated heterocycles. The second kappa shape index (κ2) is 6.55. The summed E-state index contributed by atoms with van der Waals surface area (Å²) in [5.74, 6) is 0. The van der Waals surface area contributed by atoms with Gasteiger partial charge in [-0.05, 0) is 44.4 Å². The van der Waals surface area contributed by atoms with Gasteiger partial charge in [0, 0.05) is 11.4 Å². The van der Waals surface area contributed by atoms with Crippen LogP contribution in [0, 0.1) is 13.8 Å². The van der Waals surface area contributed by atoms with Crippen LogP contribution in [-0.2, 0) is 0 Å². The maximum atomic E-state index is 4.99. The lowest BCUT2D eigenvalue weighted by molar-refractivity contribution is 0.591. The molecule has 0 saturated carbocycles. The van der Waals surface area contributed by atoms with Gasteiger partial charge in [-0.15, -0.1) is 11.3 Å². The van der Waals surface area contributed by atoms with Gasteiger partial charge in [-0.3, -0.25) is 0 Å². The summed E-state index contributed by atoms with van der Waals surface area (Å²) < 4.78 is 2.33. The first kappa shape index (κ1) is 15.8. The van der Waals surface area contributed by atoms with Gasteiger partial charge in [-0.25, -0.2) is 4.99 Å². The minimum atomic E-state index is 0.361. The average molecular weight is 322 g/mol. The van der Waals surface area contributed by atoms with Crippen LogP contribution >= 0.6 is 11.3 Å². The van der Waals surface area contributed by atoms with Gasteiger partial charge in [0.15, 0.2) is 4.80 Å². The third-order valence-electron chi connectivity index (χ3n) is 3.97. The number of hydrogen-bond donors (Lipinski definition) is 0. The Labute approximate surface area is 141 Å². The third kappa shape index (κ3) is 3.15. The summed E-state index contributed by atoms with van der Waals surface area (Å²) in [4.78, 5) is 6.04. The normalized spacial score (nSPS) is 12.1. The van der Waals surface area contributed by atoms with Crippen molar-refractivity contribution in [2.24, 2.45) is 4.99 Å². The molecule has 2 nitrogen and oxygen atoms in total. The molecule has 0 fully saturated rings. The minimum Gasteiger partial charge on any atom is -0.314 e. The Bertz CT molecular complexity index is 850. The Balaban J connectivity index is 2.22. The molecule has 0 aliphatic carbocycles. The molecule has 1 aromatic heterocycles. The number of rotatable bonds is 3. The zero-order valence-electron chi connectivity index (χ0n) is 14.1. The Morgan fingerprint density at radius 2 is 1.57 bits per heavy atom. The fourth-order valence-corrected chi connectivity index (χ4v) is 3.83. The second-order valence-corrected chi connectivity index (χ2v) is 6.92. The molecule has 1 heterocycles. The summed E-state index contributed by atoms with van der Waals surface area (Å²) in [6.45, 7) is 8.67. The molecule has 0 radical (unpaired) electrons. The molecule has 23 heavy (non-hydrogen) atoms. The van der Waals surface area contributed by atoms with E-state index in [0.717, 1.165) is 10.5 Å². The van der Waals surface area contributed by atoms with Crippen molar-refractivity contribution < 1.29 is 0 Å². The Kier molecular flexibility index (Phi) is 4.49. The van der Waals surface area contributed by atoms with Gasteiger partial charge in [0.05, 0.1) is 11.4 Å². The lowest BCUT2D eigenvalue weighted by atomic mass is 10.1. The van der Waals surface area contributed by atoms with Gasteiger partial charge < -0.3 is 4.57 Å². The van der Waals surface area contributed by atoms with Gasteiger partial charge >= 0.3 is 0 Å². The molecule has 0 atom stereocenters. The Morgan fingerprint density at radius 1 is 0.913 bits per heavy atom. The number of nitrogens with zero attached hydrogens (tertiary/aromatic N) is 2. The molecule has 2 aromatic carbocycles. The molecule has 118 valence electrons. The quantitative estimate of drug-likeness (QED) is 0.593. The molecule has 0 aliphatic rings.